The summed E-state index contributed by atoms with van der Waals surface area (Å²) in [6, 6.07) is 8.51. The van der Waals surface area contributed by atoms with Crippen molar-refractivity contribution in [1.82, 2.24) is 14.9 Å². The van der Waals surface area contributed by atoms with Crippen LogP contribution in [0.4, 0.5) is 5.82 Å². The predicted molar refractivity (Wildman–Crippen MR) is 85.8 cm³/mol. The Bertz CT molecular complexity index is 601. The zero-order valence-electron chi connectivity index (χ0n) is 11.7. The van der Waals surface area contributed by atoms with Gasteiger partial charge in [0.05, 0.1) is 12.1 Å². The molecule has 1 aromatic heterocycles. The molecule has 0 aliphatic carbocycles. The lowest BCUT2D eigenvalue weighted by molar-refractivity contribution is 0.207. The standard InChI is InChI=1S/C15H20N4S/c1-11-6-8-20-9-7-19(11)10-14-17-13-5-3-2-4-12(13)15(16)18-14/h2-5,11H,6-10H2,1H3,(H2,16,17,18). The van der Waals surface area contributed by atoms with E-state index in [-0.39, 0.29) is 0 Å². The number of hydrogen-bond acceptors (Lipinski definition) is 5. The van der Waals surface area contributed by atoms with E-state index in [9.17, 15) is 0 Å². The van der Waals surface area contributed by atoms with Crippen molar-refractivity contribution >= 4 is 28.5 Å². The summed E-state index contributed by atoms with van der Waals surface area (Å²) in [7, 11) is 0. The monoisotopic (exact) mass is 288 g/mol. The van der Waals surface area contributed by atoms with Gasteiger partial charge in [-0.2, -0.15) is 11.8 Å². The fourth-order valence-electron chi connectivity index (χ4n) is 2.58. The third kappa shape index (κ3) is 2.88. The molecular formula is C15H20N4S. The average molecular weight is 288 g/mol. The summed E-state index contributed by atoms with van der Waals surface area (Å²) >= 11 is 2.03. The van der Waals surface area contributed by atoms with Gasteiger partial charge in [-0.25, -0.2) is 9.97 Å². The second-order valence-electron chi connectivity index (χ2n) is 5.26. The van der Waals surface area contributed by atoms with Gasteiger partial charge in [-0.3, -0.25) is 4.90 Å². The number of nitrogen functional groups attached to an aromatic ring is 1. The van der Waals surface area contributed by atoms with Crippen LogP contribution in [0.25, 0.3) is 10.9 Å². The fourth-order valence-corrected chi connectivity index (χ4v) is 3.65. The minimum absolute atomic E-state index is 0.585. The summed E-state index contributed by atoms with van der Waals surface area (Å²) in [5.41, 5.74) is 6.99. The molecule has 3 rings (SSSR count). The predicted octanol–water partition coefficient (Wildman–Crippen LogP) is 2.54. The van der Waals surface area contributed by atoms with Crippen LogP contribution in [0.5, 0.6) is 0 Å². The normalized spacial score (nSPS) is 20.9. The highest BCUT2D eigenvalue weighted by Crippen LogP contribution is 2.20. The Kier molecular flexibility index (Phi) is 4.08. The molecule has 2 N–H and O–H groups in total. The van der Waals surface area contributed by atoms with Crippen molar-refractivity contribution in [3.63, 3.8) is 0 Å². The Labute approximate surface area is 123 Å². The second-order valence-corrected chi connectivity index (χ2v) is 6.49. The van der Waals surface area contributed by atoms with E-state index in [4.69, 9.17) is 5.73 Å². The minimum Gasteiger partial charge on any atom is -0.383 e. The van der Waals surface area contributed by atoms with Gasteiger partial charge in [0.25, 0.3) is 0 Å². The molecule has 0 radical (unpaired) electrons. The van der Waals surface area contributed by atoms with Crippen LogP contribution in [0, 0.1) is 0 Å². The van der Waals surface area contributed by atoms with E-state index < -0.39 is 0 Å². The molecule has 106 valence electrons. The van der Waals surface area contributed by atoms with E-state index in [1.54, 1.807) is 0 Å². The van der Waals surface area contributed by atoms with Crippen LogP contribution in [-0.2, 0) is 6.54 Å². The van der Waals surface area contributed by atoms with Gasteiger partial charge in [-0.05, 0) is 31.2 Å². The molecule has 0 bridgehead atoms. The lowest BCUT2D eigenvalue weighted by Gasteiger charge is -2.25. The maximum atomic E-state index is 6.05. The van der Waals surface area contributed by atoms with Crippen LogP contribution >= 0.6 is 11.8 Å². The van der Waals surface area contributed by atoms with Crippen molar-refractivity contribution in [3.8, 4) is 0 Å². The summed E-state index contributed by atoms with van der Waals surface area (Å²) in [4.78, 5) is 11.6. The molecule has 1 saturated heterocycles. The molecule has 2 aromatic rings. The van der Waals surface area contributed by atoms with Crippen LogP contribution in [0.15, 0.2) is 24.3 Å². The minimum atomic E-state index is 0.585. The SMILES string of the molecule is CC1CCSCCN1Cc1nc(N)c2ccccc2n1. The van der Waals surface area contributed by atoms with Crippen molar-refractivity contribution in [2.45, 2.75) is 25.9 Å². The van der Waals surface area contributed by atoms with Crippen molar-refractivity contribution in [1.29, 1.82) is 0 Å². The van der Waals surface area contributed by atoms with Gasteiger partial charge in [0.15, 0.2) is 0 Å². The van der Waals surface area contributed by atoms with Gasteiger partial charge in [0, 0.05) is 23.7 Å². The molecular weight excluding hydrogens is 268 g/mol. The Balaban J connectivity index is 1.86. The summed E-state index contributed by atoms with van der Waals surface area (Å²) in [6.07, 6.45) is 1.23. The molecule has 1 atom stereocenters. The fraction of sp³-hybridized carbons (Fsp3) is 0.467. The molecule has 1 aromatic carbocycles. The summed E-state index contributed by atoms with van der Waals surface area (Å²) in [5.74, 6) is 3.86. The van der Waals surface area contributed by atoms with Crippen LogP contribution in [0.3, 0.4) is 0 Å². The van der Waals surface area contributed by atoms with Gasteiger partial charge < -0.3 is 5.73 Å². The lowest BCUT2D eigenvalue weighted by atomic mass is 10.2. The molecule has 1 aliphatic heterocycles. The van der Waals surface area contributed by atoms with Crippen molar-refractivity contribution in [2.24, 2.45) is 0 Å². The van der Waals surface area contributed by atoms with E-state index in [1.807, 2.05) is 36.0 Å². The van der Waals surface area contributed by atoms with Gasteiger partial charge in [0.1, 0.15) is 11.6 Å². The first kappa shape index (κ1) is 13.6. The second kappa shape index (κ2) is 5.97. The first-order valence-corrected chi connectivity index (χ1v) is 8.22. The molecule has 2 heterocycles. The molecule has 4 nitrogen and oxygen atoms in total. The Hall–Kier alpha value is -1.33. The summed E-state index contributed by atoms with van der Waals surface area (Å²) in [6.45, 7) is 4.18. The van der Waals surface area contributed by atoms with Gasteiger partial charge >= 0.3 is 0 Å². The Morgan fingerprint density at radius 3 is 3.05 bits per heavy atom. The number of nitrogens with zero attached hydrogens (tertiary/aromatic N) is 3. The molecule has 1 unspecified atom stereocenters. The number of aromatic nitrogens is 2. The average Bonchev–Trinajstić information content (AvgIpc) is 2.64. The molecule has 0 amide bonds. The van der Waals surface area contributed by atoms with Gasteiger partial charge in [-0.1, -0.05) is 12.1 Å². The topological polar surface area (TPSA) is 55.0 Å². The highest BCUT2D eigenvalue weighted by atomic mass is 32.2. The first-order valence-electron chi connectivity index (χ1n) is 7.07. The van der Waals surface area contributed by atoms with Crippen LogP contribution in [0.2, 0.25) is 0 Å². The number of rotatable bonds is 2. The van der Waals surface area contributed by atoms with Crippen molar-refractivity contribution < 1.29 is 0 Å². The van der Waals surface area contributed by atoms with E-state index in [0.717, 1.165) is 29.8 Å². The maximum Gasteiger partial charge on any atom is 0.145 e. The molecule has 1 fully saturated rings. The maximum absolute atomic E-state index is 6.05. The molecule has 5 heteroatoms. The number of benzene rings is 1. The molecule has 0 saturated carbocycles. The number of hydrogen-bond donors (Lipinski definition) is 1. The van der Waals surface area contributed by atoms with E-state index in [0.29, 0.717) is 11.9 Å². The highest BCUT2D eigenvalue weighted by Gasteiger charge is 2.18. The first-order chi connectivity index (χ1) is 9.74. The van der Waals surface area contributed by atoms with Gasteiger partial charge in [-0.15, -0.1) is 0 Å². The van der Waals surface area contributed by atoms with Crippen molar-refractivity contribution in [3.05, 3.63) is 30.1 Å². The van der Waals surface area contributed by atoms with E-state index >= 15 is 0 Å². The number of anilines is 1. The van der Waals surface area contributed by atoms with E-state index in [1.165, 1.54) is 17.9 Å². The number of fused-ring (bicyclic) bond motifs is 1. The van der Waals surface area contributed by atoms with E-state index in [2.05, 4.69) is 21.8 Å². The quantitative estimate of drug-likeness (QED) is 0.920. The summed E-state index contributed by atoms with van der Waals surface area (Å²) < 4.78 is 0. The molecule has 0 spiro atoms. The zero-order valence-corrected chi connectivity index (χ0v) is 12.6. The third-order valence-corrected chi connectivity index (χ3v) is 4.85. The highest BCUT2D eigenvalue weighted by molar-refractivity contribution is 7.99. The largest absolute Gasteiger partial charge is 0.383 e. The lowest BCUT2D eigenvalue weighted by Crippen LogP contribution is -2.33. The molecule has 1 aliphatic rings. The van der Waals surface area contributed by atoms with Crippen LogP contribution in [-0.4, -0.2) is 39.0 Å². The Morgan fingerprint density at radius 1 is 1.30 bits per heavy atom. The van der Waals surface area contributed by atoms with Gasteiger partial charge in [0.2, 0.25) is 0 Å². The third-order valence-electron chi connectivity index (χ3n) is 3.85. The molecule has 20 heavy (non-hydrogen) atoms. The smallest absolute Gasteiger partial charge is 0.145 e. The van der Waals surface area contributed by atoms with Crippen LogP contribution in [0.1, 0.15) is 19.2 Å². The summed E-state index contributed by atoms with van der Waals surface area (Å²) in [5, 5.41) is 0.940. The number of thioether (sulfide) groups is 1. The van der Waals surface area contributed by atoms with Crippen LogP contribution < -0.4 is 5.73 Å². The Morgan fingerprint density at radius 2 is 2.15 bits per heavy atom. The number of nitrogens with two attached hydrogens (primary N) is 1. The number of para-hydroxylation sites is 1. The van der Waals surface area contributed by atoms with Crippen molar-refractivity contribution in [2.75, 3.05) is 23.8 Å². The zero-order chi connectivity index (χ0) is 13.9.